The lowest BCUT2D eigenvalue weighted by molar-refractivity contribution is -0.378. The van der Waals surface area contributed by atoms with Crippen molar-refractivity contribution in [2.45, 2.75) is 0 Å². The fraction of sp³-hybridized carbons (Fsp3) is 0. The molecule has 0 unspecified atom stereocenters. The highest BCUT2D eigenvalue weighted by Gasteiger charge is 2.20. The molecule has 0 aromatic carbocycles. The molecule has 0 aliphatic heterocycles. The minimum absolute atomic E-state index is 0.660. The molecule has 0 aliphatic carbocycles. The summed E-state index contributed by atoms with van der Waals surface area (Å²) in [6.07, 6.45) is 3.42. The zero-order chi connectivity index (χ0) is 10.3. The molecule has 1 aromatic heterocycles. The molecule has 0 atom stereocenters. The van der Waals surface area contributed by atoms with Crippen molar-refractivity contribution in [1.29, 1.82) is 5.26 Å². The molecule has 2 nitrogen and oxygen atoms in total. The molecule has 0 fully saturated rings. The number of pyridine rings is 1. The second-order valence-corrected chi connectivity index (χ2v) is 1.90. The fourth-order valence-electron chi connectivity index (χ4n) is 0.463. The van der Waals surface area contributed by atoms with Gasteiger partial charge in [0.2, 0.25) is 0 Å². The maximum Gasteiger partial charge on any atom is 0.673 e. The van der Waals surface area contributed by atoms with Crippen molar-refractivity contribution in [2.75, 3.05) is 0 Å². The van der Waals surface area contributed by atoms with Crippen LogP contribution in [0.3, 0.4) is 0 Å². The van der Waals surface area contributed by atoms with Crippen LogP contribution < -0.4 is 4.98 Å². The third kappa shape index (κ3) is 10.4. The zero-order valence-corrected chi connectivity index (χ0v) is 6.35. The Morgan fingerprint density at radius 3 is 2.08 bits per heavy atom. The van der Waals surface area contributed by atoms with Gasteiger partial charge in [0.15, 0.2) is 12.4 Å². The molecule has 13 heavy (non-hydrogen) atoms. The smallest absolute Gasteiger partial charge is 0.418 e. The SMILES string of the molecule is F[B-](F)(F)F.N#Cc1ccc[nH+]c1. The van der Waals surface area contributed by atoms with Crippen LogP contribution in [0.2, 0.25) is 0 Å². The van der Waals surface area contributed by atoms with E-state index in [1.54, 1.807) is 24.5 Å². The first-order valence-electron chi connectivity index (χ1n) is 3.17. The first-order valence-corrected chi connectivity index (χ1v) is 3.17. The maximum atomic E-state index is 9.75. The van der Waals surface area contributed by atoms with Gasteiger partial charge in [-0.25, -0.2) is 4.98 Å². The van der Waals surface area contributed by atoms with Crippen LogP contribution >= 0.6 is 0 Å². The van der Waals surface area contributed by atoms with Gasteiger partial charge in [0, 0.05) is 6.07 Å². The number of hydrogen-bond donors (Lipinski definition) is 0. The summed E-state index contributed by atoms with van der Waals surface area (Å²) in [7, 11) is -6.00. The zero-order valence-electron chi connectivity index (χ0n) is 6.35. The highest BCUT2D eigenvalue weighted by Crippen LogP contribution is 2.06. The molecule has 0 saturated heterocycles. The van der Waals surface area contributed by atoms with E-state index in [1.165, 1.54) is 0 Å². The van der Waals surface area contributed by atoms with Crippen LogP contribution in [-0.2, 0) is 0 Å². The largest absolute Gasteiger partial charge is 0.673 e. The molecule has 1 N–H and O–H groups in total. The topological polar surface area (TPSA) is 37.9 Å². The van der Waals surface area contributed by atoms with Crippen molar-refractivity contribution in [3.8, 4) is 6.07 Å². The molecule has 0 saturated carbocycles. The summed E-state index contributed by atoms with van der Waals surface area (Å²) < 4.78 is 39.0. The summed E-state index contributed by atoms with van der Waals surface area (Å²) in [4.78, 5) is 2.79. The van der Waals surface area contributed by atoms with E-state index >= 15 is 0 Å². The molecular weight excluding hydrogens is 187 g/mol. The molecule has 0 bridgehead atoms. The van der Waals surface area contributed by atoms with Crippen molar-refractivity contribution in [1.82, 2.24) is 0 Å². The third-order valence-electron chi connectivity index (χ3n) is 0.836. The number of aromatic nitrogens is 1. The van der Waals surface area contributed by atoms with Crippen LogP contribution in [0.1, 0.15) is 5.56 Å². The highest BCUT2D eigenvalue weighted by molar-refractivity contribution is 6.50. The Morgan fingerprint density at radius 1 is 1.31 bits per heavy atom. The molecule has 1 aromatic rings. The van der Waals surface area contributed by atoms with Gasteiger partial charge in [0.25, 0.3) is 0 Å². The summed E-state index contributed by atoms with van der Waals surface area (Å²) in [6, 6.07) is 5.53. The van der Waals surface area contributed by atoms with Gasteiger partial charge in [-0.3, -0.25) is 0 Å². The van der Waals surface area contributed by atoms with Crippen molar-refractivity contribution in [2.24, 2.45) is 0 Å². The van der Waals surface area contributed by atoms with E-state index in [0.29, 0.717) is 5.56 Å². The number of rotatable bonds is 0. The number of nitrogens with zero attached hydrogens (tertiary/aromatic N) is 1. The Balaban J connectivity index is 0.000000252. The monoisotopic (exact) mass is 192 g/mol. The van der Waals surface area contributed by atoms with E-state index in [9.17, 15) is 17.3 Å². The molecule has 0 radical (unpaired) electrons. The Morgan fingerprint density at radius 2 is 1.85 bits per heavy atom. The van der Waals surface area contributed by atoms with Gasteiger partial charge >= 0.3 is 7.25 Å². The van der Waals surface area contributed by atoms with Crippen LogP contribution in [0.15, 0.2) is 24.5 Å². The summed E-state index contributed by atoms with van der Waals surface area (Å²) in [5.74, 6) is 0. The van der Waals surface area contributed by atoms with E-state index in [2.05, 4.69) is 4.98 Å². The summed E-state index contributed by atoms with van der Waals surface area (Å²) in [5.41, 5.74) is 0.660. The van der Waals surface area contributed by atoms with Gasteiger partial charge in [0.1, 0.15) is 11.6 Å². The van der Waals surface area contributed by atoms with Gasteiger partial charge < -0.3 is 17.3 Å². The molecule has 1 heterocycles. The average molecular weight is 192 g/mol. The summed E-state index contributed by atoms with van der Waals surface area (Å²) >= 11 is 0. The minimum Gasteiger partial charge on any atom is -0.418 e. The molecule has 0 spiro atoms. The Labute approximate surface area is 71.9 Å². The lowest BCUT2D eigenvalue weighted by Gasteiger charge is -1.94. The standard InChI is InChI=1S/C6H4N2.BF4/c7-4-6-2-1-3-8-5-6;2-1(3,4)5/h1-3,5H;/q;-1/p+1. The van der Waals surface area contributed by atoms with Gasteiger partial charge in [-0.1, -0.05) is 0 Å². The van der Waals surface area contributed by atoms with Crippen molar-refractivity contribution < 1.29 is 22.2 Å². The second-order valence-electron chi connectivity index (χ2n) is 1.90. The molecule has 0 amide bonds. The lowest BCUT2D eigenvalue weighted by Crippen LogP contribution is -2.02. The average Bonchev–Trinajstić information content (AvgIpc) is 2.03. The second kappa shape index (κ2) is 5.14. The van der Waals surface area contributed by atoms with Crippen molar-refractivity contribution in [3.05, 3.63) is 30.1 Å². The molecule has 7 heteroatoms. The Bertz CT molecular complexity index is 273. The van der Waals surface area contributed by atoms with E-state index < -0.39 is 7.25 Å². The van der Waals surface area contributed by atoms with Crippen LogP contribution in [0.5, 0.6) is 0 Å². The first-order chi connectivity index (χ1) is 5.93. The van der Waals surface area contributed by atoms with Gasteiger partial charge in [-0.05, 0) is 6.07 Å². The van der Waals surface area contributed by atoms with Crippen molar-refractivity contribution in [3.63, 3.8) is 0 Å². The Kier molecular flexibility index (Phi) is 4.52. The maximum absolute atomic E-state index is 9.75. The van der Waals surface area contributed by atoms with E-state index in [0.717, 1.165) is 0 Å². The molecule has 1 rings (SSSR count). The predicted octanol–water partition coefficient (Wildman–Crippen LogP) is 1.67. The minimum atomic E-state index is -6.00. The van der Waals surface area contributed by atoms with E-state index in [4.69, 9.17) is 5.26 Å². The van der Waals surface area contributed by atoms with Crippen molar-refractivity contribution >= 4 is 7.25 Å². The lowest BCUT2D eigenvalue weighted by atomic mass is 10.3. The normalized spacial score (nSPS) is 9.46. The summed E-state index contributed by atoms with van der Waals surface area (Å²) in [5, 5.41) is 8.27. The predicted molar refractivity (Wildman–Crippen MR) is 37.9 cm³/mol. The summed E-state index contributed by atoms with van der Waals surface area (Å²) in [6.45, 7) is 0. The van der Waals surface area contributed by atoms with Gasteiger partial charge in [-0.15, -0.1) is 0 Å². The van der Waals surface area contributed by atoms with E-state index in [1.807, 2.05) is 6.07 Å². The van der Waals surface area contributed by atoms with E-state index in [-0.39, 0.29) is 0 Å². The first kappa shape index (κ1) is 11.4. The third-order valence-corrected chi connectivity index (χ3v) is 0.836. The van der Waals surface area contributed by atoms with Crippen LogP contribution in [-0.4, -0.2) is 7.25 Å². The van der Waals surface area contributed by atoms with Crippen LogP contribution in [0.4, 0.5) is 17.3 Å². The van der Waals surface area contributed by atoms with Gasteiger partial charge in [-0.2, -0.15) is 5.26 Å². The van der Waals surface area contributed by atoms with Crippen LogP contribution in [0.25, 0.3) is 0 Å². The number of hydrogen-bond acceptors (Lipinski definition) is 1. The number of halogens is 4. The highest BCUT2D eigenvalue weighted by atomic mass is 19.5. The fourth-order valence-corrected chi connectivity index (χ4v) is 0.463. The Hall–Kier alpha value is -1.58. The quantitative estimate of drug-likeness (QED) is 0.455. The molecule has 0 aliphatic rings. The number of aromatic amines is 1. The molecular formula is C6H5BF4N2. The van der Waals surface area contributed by atoms with Crippen LogP contribution in [0, 0.1) is 11.3 Å². The number of nitrogens with one attached hydrogen (secondary N) is 1. The number of nitriles is 1. The molecule has 70 valence electrons. The number of H-pyrrole nitrogens is 1. The van der Waals surface area contributed by atoms with Gasteiger partial charge in [0.05, 0.1) is 0 Å².